The highest BCUT2D eigenvalue weighted by atomic mass is 16.5. The number of aliphatic hydroxyl groups is 1. The highest BCUT2D eigenvalue weighted by Crippen LogP contribution is 2.36. The molecule has 3 nitrogen and oxygen atoms in total. The minimum Gasteiger partial charge on any atom is -0.467 e. The van der Waals surface area contributed by atoms with E-state index >= 15 is 0 Å². The average molecular weight is 210 g/mol. The van der Waals surface area contributed by atoms with Crippen LogP contribution in [-0.2, 0) is 9.53 Å². The number of hydrogen-bond donors (Lipinski definition) is 1. The van der Waals surface area contributed by atoms with Crippen molar-refractivity contribution in [3.05, 3.63) is 23.8 Å². The van der Waals surface area contributed by atoms with Crippen molar-refractivity contribution in [1.82, 2.24) is 0 Å². The van der Waals surface area contributed by atoms with Crippen LogP contribution in [0.15, 0.2) is 23.8 Å². The number of allylic oxidation sites excluding steroid dienone is 2. The third-order valence-electron chi connectivity index (χ3n) is 3.12. The van der Waals surface area contributed by atoms with Gasteiger partial charge in [-0.25, -0.2) is 4.79 Å². The summed E-state index contributed by atoms with van der Waals surface area (Å²) in [6.45, 7) is 7.53. The van der Waals surface area contributed by atoms with Crippen LogP contribution < -0.4 is 0 Å². The Kier molecular flexibility index (Phi) is 3.35. The minimum atomic E-state index is -1.46. The summed E-state index contributed by atoms with van der Waals surface area (Å²) < 4.78 is 4.63. The highest BCUT2D eigenvalue weighted by Gasteiger charge is 2.43. The number of rotatable bonds is 2. The summed E-state index contributed by atoms with van der Waals surface area (Å²) in [4.78, 5) is 11.5. The van der Waals surface area contributed by atoms with E-state index in [1.54, 1.807) is 6.92 Å². The lowest BCUT2D eigenvalue weighted by Gasteiger charge is -2.34. The van der Waals surface area contributed by atoms with Crippen LogP contribution in [0.1, 0.15) is 26.7 Å². The topological polar surface area (TPSA) is 46.5 Å². The lowest BCUT2D eigenvalue weighted by atomic mass is 9.76. The largest absolute Gasteiger partial charge is 0.467 e. The van der Waals surface area contributed by atoms with E-state index in [1.165, 1.54) is 7.11 Å². The molecule has 1 N–H and O–H groups in total. The van der Waals surface area contributed by atoms with Gasteiger partial charge in [0.05, 0.1) is 7.11 Å². The van der Waals surface area contributed by atoms with Crippen LogP contribution in [0.4, 0.5) is 0 Å². The molecule has 2 atom stereocenters. The van der Waals surface area contributed by atoms with Crippen LogP contribution in [0.2, 0.25) is 0 Å². The second-order valence-electron chi connectivity index (χ2n) is 4.22. The maximum Gasteiger partial charge on any atom is 0.342 e. The van der Waals surface area contributed by atoms with Gasteiger partial charge in [-0.3, -0.25) is 0 Å². The molecule has 0 aliphatic heterocycles. The molecule has 3 heteroatoms. The van der Waals surface area contributed by atoms with Crippen molar-refractivity contribution in [3.8, 4) is 0 Å². The molecule has 0 fully saturated rings. The third-order valence-corrected chi connectivity index (χ3v) is 3.12. The molecular formula is C12H18O3. The van der Waals surface area contributed by atoms with Crippen molar-refractivity contribution in [3.63, 3.8) is 0 Å². The van der Waals surface area contributed by atoms with Crippen molar-refractivity contribution in [2.45, 2.75) is 32.3 Å². The lowest BCUT2D eigenvalue weighted by molar-refractivity contribution is -0.160. The molecule has 0 aromatic rings. The molecule has 0 saturated heterocycles. The molecule has 1 aliphatic carbocycles. The second-order valence-corrected chi connectivity index (χ2v) is 4.22. The standard InChI is InChI=1S/C12H18O3/c1-8(2)10-6-5-9(3)12(14,7-10)11(13)15-4/h5,10,14H,1,6-7H2,2-4H3. The van der Waals surface area contributed by atoms with E-state index in [-0.39, 0.29) is 5.92 Å². The number of hydrogen-bond acceptors (Lipinski definition) is 3. The summed E-state index contributed by atoms with van der Waals surface area (Å²) in [5, 5.41) is 10.2. The summed E-state index contributed by atoms with van der Waals surface area (Å²) in [5.74, 6) is -0.431. The molecule has 0 heterocycles. The molecule has 0 bridgehead atoms. The number of esters is 1. The lowest BCUT2D eigenvalue weighted by Crippen LogP contribution is -2.44. The van der Waals surface area contributed by atoms with E-state index in [0.717, 1.165) is 12.0 Å². The van der Waals surface area contributed by atoms with Gasteiger partial charge in [-0.05, 0) is 38.2 Å². The first kappa shape index (κ1) is 12.0. The van der Waals surface area contributed by atoms with E-state index in [4.69, 9.17) is 0 Å². The van der Waals surface area contributed by atoms with Crippen LogP contribution in [0, 0.1) is 5.92 Å². The third kappa shape index (κ3) is 2.12. The molecule has 0 aromatic heterocycles. The Morgan fingerprint density at radius 3 is 2.80 bits per heavy atom. The Bertz CT molecular complexity index is 317. The molecule has 1 rings (SSSR count). The van der Waals surface area contributed by atoms with Crippen LogP contribution in [0.25, 0.3) is 0 Å². The predicted octanol–water partition coefficient (Wildman–Crippen LogP) is 1.82. The quantitative estimate of drug-likeness (QED) is 0.558. The normalized spacial score (nSPS) is 30.7. The molecule has 0 radical (unpaired) electrons. The minimum absolute atomic E-state index is 0.151. The molecule has 15 heavy (non-hydrogen) atoms. The van der Waals surface area contributed by atoms with Crippen molar-refractivity contribution in [2.24, 2.45) is 5.92 Å². The molecule has 1 aliphatic rings. The second kappa shape index (κ2) is 4.19. The molecule has 2 unspecified atom stereocenters. The zero-order valence-electron chi connectivity index (χ0n) is 9.54. The fraction of sp³-hybridized carbons (Fsp3) is 0.583. The Morgan fingerprint density at radius 1 is 1.73 bits per heavy atom. The molecule has 0 spiro atoms. The predicted molar refractivity (Wildman–Crippen MR) is 58.3 cm³/mol. The van der Waals surface area contributed by atoms with Crippen molar-refractivity contribution < 1.29 is 14.6 Å². The fourth-order valence-electron chi connectivity index (χ4n) is 1.88. The monoisotopic (exact) mass is 210 g/mol. The van der Waals surface area contributed by atoms with Gasteiger partial charge in [0.15, 0.2) is 5.60 Å². The number of ether oxygens (including phenoxy) is 1. The van der Waals surface area contributed by atoms with Crippen molar-refractivity contribution in [1.29, 1.82) is 0 Å². The summed E-state index contributed by atoms with van der Waals surface area (Å²) in [5.41, 5.74) is 0.198. The van der Waals surface area contributed by atoms with Gasteiger partial charge in [0, 0.05) is 0 Å². The Labute approximate surface area is 90.4 Å². The van der Waals surface area contributed by atoms with E-state index in [9.17, 15) is 9.90 Å². The van der Waals surface area contributed by atoms with Crippen LogP contribution in [0.3, 0.4) is 0 Å². The summed E-state index contributed by atoms with van der Waals surface area (Å²) in [6, 6.07) is 0. The van der Waals surface area contributed by atoms with E-state index < -0.39 is 11.6 Å². The first-order valence-corrected chi connectivity index (χ1v) is 5.05. The van der Waals surface area contributed by atoms with E-state index in [2.05, 4.69) is 11.3 Å². The molecule has 0 amide bonds. The number of methoxy groups -OCH3 is 1. The maximum atomic E-state index is 11.5. The van der Waals surface area contributed by atoms with Crippen LogP contribution in [0.5, 0.6) is 0 Å². The van der Waals surface area contributed by atoms with E-state index in [1.807, 2.05) is 13.0 Å². The number of carbonyl (C=O) groups excluding carboxylic acids is 1. The molecule has 0 aromatic carbocycles. The zero-order chi connectivity index (χ0) is 11.6. The van der Waals surface area contributed by atoms with Gasteiger partial charge in [0.1, 0.15) is 0 Å². The van der Waals surface area contributed by atoms with Gasteiger partial charge < -0.3 is 9.84 Å². The van der Waals surface area contributed by atoms with Crippen LogP contribution in [-0.4, -0.2) is 23.8 Å². The fourth-order valence-corrected chi connectivity index (χ4v) is 1.88. The first-order valence-electron chi connectivity index (χ1n) is 5.05. The van der Waals surface area contributed by atoms with Gasteiger partial charge in [-0.15, -0.1) is 0 Å². The van der Waals surface area contributed by atoms with Gasteiger partial charge in [-0.1, -0.05) is 18.2 Å². The van der Waals surface area contributed by atoms with E-state index in [0.29, 0.717) is 12.0 Å². The Balaban J connectivity index is 2.98. The summed E-state index contributed by atoms with van der Waals surface area (Å²) in [7, 11) is 1.29. The van der Waals surface area contributed by atoms with Crippen LogP contribution >= 0.6 is 0 Å². The molecular weight excluding hydrogens is 192 g/mol. The average Bonchev–Trinajstić information content (AvgIpc) is 2.20. The van der Waals surface area contributed by atoms with Gasteiger partial charge in [-0.2, -0.15) is 0 Å². The summed E-state index contributed by atoms with van der Waals surface area (Å²) >= 11 is 0. The Hall–Kier alpha value is -1.09. The van der Waals surface area contributed by atoms with Crippen molar-refractivity contribution >= 4 is 5.97 Å². The first-order chi connectivity index (χ1) is 6.91. The Morgan fingerprint density at radius 2 is 2.33 bits per heavy atom. The molecule has 0 saturated carbocycles. The van der Waals surface area contributed by atoms with Gasteiger partial charge in [0.25, 0.3) is 0 Å². The highest BCUT2D eigenvalue weighted by molar-refractivity contribution is 5.83. The van der Waals surface area contributed by atoms with Gasteiger partial charge in [0.2, 0.25) is 0 Å². The van der Waals surface area contributed by atoms with Gasteiger partial charge >= 0.3 is 5.97 Å². The zero-order valence-corrected chi connectivity index (χ0v) is 9.54. The summed E-state index contributed by atoms with van der Waals surface area (Å²) in [6.07, 6.45) is 3.09. The maximum absolute atomic E-state index is 11.5. The SMILES string of the molecule is C=C(C)C1CC=C(C)C(O)(C(=O)OC)C1. The smallest absolute Gasteiger partial charge is 0.342 e. The number of carbonyl (C=O) groups is 1. The van der Waals surface area contributed by atoms with Crippen molar-refractivity contribution in [2.75, 3.05) is 7.11 Å². The molecule has 84 valence electrons.